The first-order valence-corrected chi connectivity index (χ1v) is 11.7. The van der Waals surface area contributed by atoms with Gasteiger partial charge < -0.3 is 19.5 Å². The number of nitrogens with zero attached hydrogens (tertiary/aromatic N) is 3. The fraction of sp³-hybridized carbons (Fsp3) is 0.444. The van der Waals surface area contributed by atoms with Crippen LogP contribution in [-0.4, -0.2) is 54.1 Å². The minimum Gasteiger partial charge on any atom is -0.383 e. The second kappa shape index (κ2) is 11.2. The number of carbonyl (C=O) groups is 2. The monoisotopic (exact) mass is 462 g/mol. The molecule has 0 saturated carbocycles. The third-order valence-corrected chi connectivity index (χ3v) is 6.53. The van der Waals surface area contributed by atoms with Gasteiger partial charge in [-0.25, -0.2) is 0 Å². The zero-order valence-electron chi connectivity index (χ0n) is 20.7. The molecule has 1 aliphatic heterocycles. The summed E-state index contributed by atoms with van der Waals surface area (Å²) in [6, 6.07) is 11.8. The van der Waals surface area contributed by atoms with Crippen molar-refractivity contribution in [2.75, 3.05) is 26.8 Å². The van der Waals surface area contributed by atoms with Crippen LogP contribution in [0.15, 0.2) is 35.9 Å². The van der Waals surface area contributed by atoms with Crippen molar-refractivity contribution < 1.29 is 14.3 Å². The number of carbonyl (C=O) groups excluding carboxylic acids is 2. The van der Waals surface area contributed by atoms with E-state index in [1.54, 1.807) is 18.1 Å². The number of likely N-dealkylation sites (tertiary alicyclic amines) is 1. The van der Waals surface area contributed by atoms with Gasteiger partial charge in [-0.2, -0.15) is 5.26 Å². The first-order valence-electron chi connectivity index (χ1n) is 11.7. The topological polar surface area (TPSA) is 87.4 Å². The maximum Gasteiger partial charge on any atom is 0.264 e. The smallest absolute Gasteiger partial charge is 0.264 e. The minimum absolute atomic E-state index is 0.00636. The van der Waals surface area contributed by atoms with Crippen LogP contribution in [0.5, 0.6) is 0 Å². The Morgan fingerprint density at radius 2 is 1.91 bits per heavy atom. The Morgan fingerprint density at radius 1 is 1.24 bits per heavy atom. The number of aryl methyl sites for hydroxylation is 2. The first kappa shape index (κ1) is 25.3. The number of rotatable bonds is 7. The van der Waals surface area contributed by atoms with Gasteiger partial charge in [-0.15, -0.1) is 0 Å². The Hall–Kier alpha value is -3.37. The number of hydrogen-bond donors (Lipinski definition) is 1. The van der Waals surface area contributed by atoms with Gasteiger partial charge in [0.05, 0.1) is 12.6 Å². The predicted molar refractivity (Wildman–Crippen MR) is 132 cm³/mol. The van der Waals surface area contributed by atoms with Crippen LogP contribution in [0, 0.1) is 32.1 Å². The molecule has 1 unspecified atom stereocenters. The highest BCUT2D eigenvalue weighted by molar-refractivity contribution is 6.02. The van der Waals surface area contributed by atoms with Gasteiger partial charge in [0.2, 0.25) is 0 Å². The molecule has 0 aliphatic carbocycles. The summed E-state index contributed by atoms with van der Waals surface area (Å²) >= 11 is 0. The van der Waals surface area contributed by atoms with Gasteiger partial charge in [0.25, 0.3) is 11.8 Å². The van der Waals surface area contributed by atoms with E-state index in [0.29, 0.717) is 38.1 Å². The summed E-state index contributed by atoms with van der Waals surface area (Å²) in [6.07, 6.45) is 3.00. The molecule has 1 aromatic heterocycles. The molecule has 34 heavy (non-hydrogen) atoms. The number of hydrogen-bond acceptors (Lipinski definition) is 4. The molecule has 2 amide bonds. The second-order valence-corrected chi connectivity index (χ2v) is 9.03. The van der Waals surface area contributed by atoms with E-state index in [0.717, 1.165) is 22.5 Å². The number of methoxy groups -OCH3 is 1. The van der Waals surface area contributed by atoms with Crippen LogP contribution >= 0.6 is 0 Å². The van der Waals surface area contributed by atoms with Crippen LogP contribution < -0.4 is 5.32 Å². The van der Waals surface area contributed by atoms with Gasteiger partial charge >= 0.3 is 0 Å². The number of nitriles is 1. The van der Waals surface area contributed by atoms with Gasteiger partial charge in [-0.3, -0.25) is 9.59 Å². The van der Waals surface area contributed by atoms with E-state index in [-0.39, 0.29) is 29.5 Å². The van der Waals surface area contributed by atoms with Gasteiger partial charge in [-0.1, -0.05) is 18.2 Å². The van der Waals surface area contributed by atoms with E-state index in [4.69, 9.17) is 4.74 Å². The van der Waals surface area contributed by atoms with E-state index in [1.807, 2.05) is 51.1 Å². The van der Waals surface area contributed by atoms with E-state index in [9.17, 15) is 14.9 Å². The maximum atomic E-state index is 13.1. The molecule has 1 fully saturated rings. The second-order valence-electron chi connectivity index (χ2n) is 9.03. The van der Waals surface area contributed by atoms with Crippen molar-refractivity contribution in [2.24, 2.45) is 0 Å². The molecular weight excluding hydrogens is 428 g/mol. The molecule has 7 nitrogen and oxygen atoms in total. The molecule has 1 aliphatic rings. The summed E-state index contributed by atoms with van der Waals surface area (Å²) in [4.78, 5) is 27.4. The molecular formula is C27H34N4O3. The van der Waals surface area contributed by atoms with Crippen molar-refractivity contribution >= 4 is 17.9 Å². The Kier molecular flexibility index (Phi) is 8.30. The van der Waals surface area contributed by atoms with Crippen molar-refractivity contribution in [1.82, 2.24) is 14.8 Å². The molecule has 0 bridgehead atoms. The predicted octanol–water partition coefficient (Wildman–Crippen LogP) is 3.95. The summed E-state index contributed by atoms with van der Waals surface area (Å²) in [5.74, 6) is -0.348. The van der Waals surface area contributed by atoms with Crippen LogP contribution in [-0.2, 0) is 9.53 Å². The van der Waals surface area contributed by atoms with Gasteiger partial charge in [0, 0.05) is 43.2 Å². The third-order valence-electron chi connectivity index (χ3n) is 6.53. The molecule has 0 spiro atoms. The largest absolute Gasteiger partial charge is 0.383 e. The molecule has 180 valence electrons. The van der Waals surface area contributed by atoms with E-state index < -0.39 is 0 Å². The summed E-state index contributed by atoms with van der Waals surface area (Å²) < 4.78 is 7.45. The Balaban J connectivity index is 1.65. The van der Waals surface area contributed by atoms with Crippen LogP contribution in [0.25, 0.3) is 6.08 Å². The van der Waals surface area contributed by atoms with Gasteiger partial charge in [-0.05, 0) is 69.9 Å². The molecule has 7 heteroatoms. The highest BCUT2D eigenvalue weighted by atomic mass is 16.5. The fourth-order valence-corrected chi connectivity index (χ4v) is 4.73. The molecule has 0 radical (unpaired) electrons. The van der Waals surface area contributed by atoms with Crippen molar-refractivity contribution in [3.63, 3.8) is 0 Å². The number of ether oxygens (including phenoxy) is 1. The first-order chi connectivity index (χ1) is 16.3. The zero-order valence-corrected chi connectivity index (χ0v) is 20.7. The fourth-order valence-electron chi connectivity index (χ4n) is 4.73. The Bertz CT molecular complexity index is 1120. The molecule has 1 saturated heterocycles. The molecule has 1 N–H and O–H groups in total. The summed E-state index contributed by atoms with van der Waals surface area (Å²) in [6.45, 7) is 9.59. The average molecular weight is 463 g/mol. The number of amides is 2. The normalized spacial score (nSPS) is 15.6. The van der Waals surface area contributed by atoms with E-state index in [2.05, 4.69) is 22.9 Å². The van der Waals surface area contributed by atoms with Crippen molar-refractivity contribution in [2.45, 2.75) is 52.6 Å². The molecule has 1 atom stereocenters. The quantitative estimate of drug-likeness (QED) is 0.499. The van der Waals surface area contributed by atoms with Crippen molar-refractivity contribution in [3.8, 4) is 6.07 Å². The van der Waals surface area contributed by atoms with Crippen LogP contribution in [0.3, 0.4) is 0 Å². The molecule has 1 aromatic carbocycles. The lowest BCUT2D eigenvalue weighted by molar-refractivity contribution is -0.127. The Morgan fingerprint density at radius 3 is 2.53 bits per heavy atom. The highest BCUT2D eigenvalue weighted by Gasteiger charge is 2.26. The third kappa shape index (κ3) is 5.57. The lowest BCUT2D eigenvalue weighted by Crippen LogP contribution is -2.46. The van der Waals surface area contributed by atoms with Gasteiger partial charge in [0.15, 0.2) is 0 Å². The van der Waals surface area contributed by atoms with Crippen molar-refractivity contribution in [3.05, 3.63) is 64.0 Å². The minimum atomic E-state index is -0.263. The average Bonchev–Trinajstić information content (AvgIpc) is 3.10. The zero-order chi connectivity index (χ0) is 24.8. The maximum absolute atomic E-state index is 13.1. The standard InChI is InChI=1S/C27H34N4O3/c1-18-8-6-7-9-25(18)26(32)29-24-10-12-30(13-11-24)27(33)23(16-28)15-22-14-19(2)31(21(22)4)20(3)17-34-5/h6-9,14-15,20,24H,10-13,17H2,1-5H3,(H,29,32)/b23-15+. The van der Waals surface area contributed by atoms with Crippen LogP contribution in [0.2, 0.25) is 0 Å². The summed E-state index contributed by atoms with van der Waals surface area (Å²) in [7, 11) is 1.68. The van der Waals surface area contributed by atoms with E-state index >= 15 is 0 Å². The van der Waals surface area contributed by atoms with Crippen molar-refractivity contribution in [1.29, 1.82) is 5.26 Å². The molecule has 2 aromatic rings. The lowest BCUT2D eigenvalue weighted by Gasteiger charge is -2.32. The number of nitrogens with one attached hydrogen (secondary N) is 1. The molecule has 3 rings (SSSR count). The summed E-state index contributed by atoms with van der Waals surface area (Å²) in [5, 5.41) is 12.8. The number of aromatic nitrogens is 1. The Labute approximate surface area is 202 Å². The van der Waals surface area contributed by atoms with E-state index in [1.165, 1.54) is 0 Å². The van der Waals surface area contributed by atoms with Crippen LogP contribution in [0.4, 0.5) is 0 Å². The lowest BCUT2D eigenvalue weighted by atomic mass is 10.0. The van der Waals surface area contributed by atoms with Crippen LogP contribution in [0.1, 0.15) is 58.7 Å². The molecule has 2 heterocycles. The van der Waals surface area contributed by atoms with Gasteiger partial charge in [0.1, 0.15) is 11.6 Å². The SMILES string of the molecule is COCC(C)n1c(C)cc(/C=C(\C#N)C(=O)N2CCC(NC(=O)c3ccccc3C)CC2)c1C. The summed E-state index contributed by atoms with van der Waals surface area (Å²) in [5.41, 5.74) is 4.66. The highest BCUT2D eigenvalue weighted by Crippen LogP contribution is 2.24. The number of piperidine rings is 1. The number of benzene rings is 1.